The summed E-state index contributed by atoms with van der Waals surface area (Å²) in [7, 11) is 2.20. The van der Waals surface area contributed by atoms with Crippen molar-refractivity contribution in [2.75, 3.05) is 7.05 Å². The number of rotatable bonds is 2. The predicted octanol–water partition coefficient (Wildman–Crippen LogP) is 3.15. The summed E-state index contributed by atoms with van der Waals surface area (Å²) in [5.41, 5.74) is 2.65. The first-order valence-corrected chi connectivity index (χ1v) is 7.37. The number of piperidine rings is 1. The Kier molecular flexibility index (Phi) is 3.22. The third-order valence-corrected chi connectivity index (χ3v) is 5.24. The van der Waals surface area contributed by atoms with Crippen LogP contribution in [0.1, 0.15) is 43.2 Å². The highest BCUT2D eigenvalue weighted by molar-refractivity contribution is 5.80. The van der Waals surface area contributed by atoms with Gasteiger partial charge in [0.05, 0.1) is 0 Å². The maximum absolute atomic E-state index is 12.2. The van der Waals surface area contributed by atoms with E-state index >= 15 is 0 Å². The molecule has 2 aliphatic rings. The second-order valence-electron chi connectivity index (χ2n) is 6.35. The quantitative estimate of drug-likeness (QED) is 0.811. The highest BCUT2D eigenvalue weighted by Crippen LogP contribution is 2.46. The van der Waals surface area contributed by atoms with Crippen molar-refractivity contribution in [1.82, 2.24) is 4.90 Å². The van der Waals surface area contributed by atoms with Gasteiger partial charge >= 0.3 is 0 Å². The van der Waals surface area contributed by atoms with Gasteiger partial charge in [-0.3, -0.25) is 9.69 Å². The fourth-order valence-electron chi connectivity index (χ4n) is 4.18. The first-order valence-electron chi connectivity index (χ1n) is 7.37. The predicted molar refractivity (Wildman–Crippen MR) is 77.3 cm³/mol. The van der Waals surface area contributed by atoms with Gasteiger partial charge in [-0.1, -0.05) is 29.8 Å². The van der Waals surface area contributed by atoms with Gasteiger partial charge in [0.2, 0.25) is 0 Å². The fraction of sp³-hybridized carbons (Fsp3) is 0.588. The SMILES string of the molecule is CC(=O)[C@H]1[C@@H](c2ccc(C)cc2)C[C@@H]2CC[C@H]1N2C. The van der Waals surface area contributed by atoms with Crippen LogP contribution in [-0.4, -0.2) is 29.8 Å². The molecule has 0 radical (unpaired) electrons. The first-order chi connectivity index (χ1) is 9.08. The van der Waals surface area contributed by atoms with Crippen LogP contribution in [0.4, 0.5) is 0 Å². The zero-order valence-electron chi connectivity index (χ0n) is 12.1. The highest BCUT2D eigenvalue weighted by atomic mass is 16.1. The highest BCUT2D eigenvalue weighted by Gasteiger charge is 2.47. The van der Waals surface area contributed by atoms with Crippen LogP contribution in [0.2, 0.25) is 0 Å². The van der Waals surface area contributed by atoms with Gasteiger partial charge in [0.15, 0.2) is 0 Å². The van der Waals surface area contributed by atoms with Crippen molar-refractivity contribution in [2.45, 2.75) is 51.1 Å². The number of hydrogen-bond acceptors (Lipinski definition) is 2. The maximum atomic E-state index is 12.2. The smallest absolute Gasteiger partial charge is 0.135 e. The second kappa shape index (κ2) is 4.75. The zero-order chi connectivity index (χ0) is 13.6. The third kappa shape index (κ3) is 2.12. The van der Waals surface area contributed by atoms with Crippen molar-refractivity contribution in [1.29, 1.82) is 0 Å². The molecule has 2 nitrogen and oxygen atoms in total. The number of ketones is 1. The molecule has 0 N–H and O–H groups in total. The zero-order valence-corrected chi connectivity index (χ0v) is 12.1. The van der Waals surface area contributed by atoms with E-state index in [0.717, 1.165) is 6.42 Å². The Morgan fingerprint density at radius 3 is 2.53 bits per heavy atom. The average Bonchev–Trinajstić information content (AvgIpc) is 2.63. The largest absolute Gasteiger partial charge is 0.300 e. The molecular weight excluding hydrogens is 234 g/mol. The monoisotopic (exact) mass is 257 g/mol. The second-order valence-corrected chi connectivity index (χ2v) is 6.35. The van der Waals surface area contributed by atoms with Crippen molar-refractivity contribution < 1.29 is 4.79 Å². The van der Waals surface area contributed by atoms with E-state index in [4.69, 9.17) is 0 Å². The van der Waals surface area contributed by atoms with E-state index in [2.05, 4.69) is 43.1 Å². The van der Waals surface area contributed by atoms with Gasteiger partial charge < -0.3 is 0 Å². The minimum Gasteiger partial charge on any atom is -0.300 e. The molecule has 0 aromatic heterocycles. The summed E-state index contributed by atoms with van der Waals surface area (Å²) in [5, 5.41) is 0. The van der Waals surface area contributed by atoms with Crippen LogP contribution >= 0.6 is 0 Å². The molecule has 2 saturated heterocycles. The molecular formula is C17H23NO. The number of Topliss-reactive ketones (excluding diaryl/α,β-unsaturated/α-hetero) is 1. The Labute approximate surface area is 115 Å². The Bertz CT molecular complexity index is 479. The van der Waals surface area contributed by atoms with Crippen LogP contribution in [0.15, 0.2) is 24.3 Å². The van der Waals surface area contributed by atoms with E-state index in [1.54, 1.807) is 6.92 Å². The van der Waals surface area contributed by atoms with Crippen LogP contribution in [0, 0.1) is 12.8 Å². The van der Waals surface area contributed by atoms with E-state index in [9.17, 15) is 4.79 Å². The molecule has 4 atom stereocenters. The molecule has 102 valence electrons. The van der Waals surface area contributed by atoms with E-state index < -0.39 is 0 Å². The normalized spacial score (nSPS) is 34.5. The van der Waals surface area contributed by atoms with Gasteiger partial charge in [0, 0.05) is 18.0 Å². The van der Waals surface area contributed by atoms with Gasteiger partial charge in [0.1, 0.15) is 5.78 Å². The van der Waals surface area contributed by atoms with Crippen LogP contribution in [-0.2, 0) is 4.79 Å². The lowest BCUT2D eigenvalue weighted by molar-refractivity contribution is -0.124. The summed E-state index contributed by atoms with van der Waals surface area (Å²) in [6.45, 7) is 3.89. The minimum atomic E-state index is 0.187. The molecule has 2 aliphatic heterocycles. The van der Waals surface area contributed by atoms with Gasteiger partial charge in [0.25, 0.3) is 0 Å². The Morgan fingerprint density at radius 1 is 1.21 bits per heavy atom. The molecule has 1 aromatic rings. The third-order valence-electron chi connectivity index (χ3n) is 5.24. The molecule has 2 heterocycles. The fourth-order valence-corrected chi connectivity index (χ4v) is 4.18. The van der Waals surface area contributed by atoms with Gasteiger partial charge in [-0.05, 0) is 51.6 Å². The summed E-state index contributed by atoms with van der Waals surface area (Å²) in [6.07, 6.45) is 3.58. The molecule has 2 heteroatoms. The topological polar surface area (TPSA) is 20.3 Å². The number of carbonyl (C=O) groups excluding carboxylic acids is 1. The molecule has 3 rings (SSSR count). The lowest BCUT2D eigenvalue weighted by Crippen LogP contribution is -2.48. The number of fused-ring (bicyclic) bond motifs is 2. The van der Waals surface area contributed by atoms with Crippen molar-refractivity contribution >= 4 is 5.78 Å². The van der Waals surface area contributed by atoms with Crippen LogP contribution in [0.5, 0.6) is 0 Å². The molecule has 0 unspecified atom stereocenters. The summed E-state index contributed by atoms with van der Waals surface area (Å²) in [5.74, 6) is 0.973. The number of benzene rings is 1. The molecule has 2 bridgehead atoms. The summed E-state index contributed by atoms with van der Waals surface area (Å²) >= 11 is 0. The molecule has 0 amide bonds. The number of nitrogens with zero attached hydrogens (tertiary/aromatic N) is 1. The number of carbonyl (C=O) groups is 1. The lowest BCUT2D eigenvalue weighted by Gasteiger charge is -2.42. The molecule has 19 heavy (non-hydrogen) atoms. The summed E-state index contributed by atoms with van der Waals surface area (Å²) < 4.78 is 0. The molecule has 0 aliphatic carbocycles. The molecule has 0 spiro atoms. The van der Waals surface area contributed by atoms with E-state index in [1.165, 1.54) is 24.0 Å². The lowest BCUT2D eigenvalue weighted by atomic mass is 9.74. The standard InChI is InChI=1S/C17H23NO/c1-11-4-6-13(7-5-11)15-10-14-8-9-16(18(14)3)17(15)12(2)19/h4-7,14-17H,8-10H2,1-3H3/t14-,15+,16+,17-/m0/s1. The van der Waals surface area contributed by atoms with Crippen LogP contribution < -0.4 is 0 Å². The Hall–Kier alpha value is -1.15. The average molecular weight is 257 g/mol. The van der Waals surface area contributed by atoms with Crippen molar-refractivity contribution in [3.8, 4) is 0 Å². The van der Waals surface area contributed by atoms with Crippen molar-refractivity contribution in [3.63, 3.8) is 0 Å². The molecule has 0 saturated carbocycles. The maximum Gasteiger partial charge on any atom is 0.135 e. The van der Waals surface area contributed by atoms with Crippen molar-refractivity contribution in [3.05, 3.63) is 35.4 Å². The summed E-state index contributed by atoms with van der Waals surface area (Å²) in [6, 6.07) is 9.93. The summed E-state index contributed by atoms with van der Waals surface area (Å²) in [4.78, 5) is 14.6. The van der Waals surface area contributed by atoms with Crippen molar-refractivity contribution in [2.24, 2.45) is 5.92 Å². The van der Waals surface area contributed by atoms with Crippen LogP contribution in [0.3, 0.4) is 0 Å². The number of aryl methyl sites for hydroxylation is 1. The first kappa shape index (κ1) is 12.9. The van der Waals surface area contributed by atoms with Crippen LogP contribution in [0.25, 0.3) is 0 Å². The van der Waals surface area contributed by atoms with Gasteiger partial charge in [-0.2, -0.15) is 0 Å². The van der Waals surface area contributed by atoms with E-state index in [0.29, 0.717) is 23.8 Å². The van der Waals surface area contributed by atoms with E-state index in [1.807, 2.05) is 0 Å². The van der Waals surface area contributed by atoms with Gasteiger partial charge in [-0.25, -0.2) is 0 Å². The Balaban J connectivity index is 1.95. The number of hydrogen-bond donors (Lipinski definition) is 0. The Morgan fingerprint density at radius 2 is 1.89 bits per heavy atom. The van der Waals surface area contributed by atoms with E-state index in [-0.39, 0.29) is 5.92 Å². The minimum absolute atomic E-state index is 0.187. The molecule has 1 aromatic carbocycles. The molecule has 2 fully saturated rings. The van der Waals surface area contributed by atoms with Gasteiger partial charge in [-0.15, -0.1) is 0 Å².